The van der Waals surface area contributed by atoms with Gasteiger partial charge in [-0.2, -0.15) is 11.8 Å². The summed E-state index contributed by atoms with van der Waals surface area (Å²) in [5.74, 6) is 1.34. The molecular formula is C18H28N2O3S. The minimum absolute atomic E-state index is 0.109. The van der Waals surface area contributed by atoms with Crippen LogP contribution >= 0.6 is 11.8 Å². The average molecular weight is 353 g/mol. The standard InChI is InChI=1S/C18H28N2O3S/c1-5-17(21)20-16(10-11-24-4)18(22)19-13(3)14-8-7-9-15(12-14)23-6-2/h7-9,12-13,16H,5-6,10-11H2,1-4H3,(H,19,22)(H,20,21)/t13-,16-/m1/s1. The van der Waals surface area contributed by atoms with Crippen LogP contribution in [0.2, 0.25) is 0 Å². The second-order valence-corrected chi connectivity index (χ2v) is 6.48. The third kappa shape index (κ3) is 6.83. The molecule has 0 aliphatic carbocycles. The van der Waals surface area contributed by atoms with Crippen LogP contribution in [0.5, 0.6) is 5.75 Å². The molecule has 0 heterocycles. The quantitative estimate of drug-likeness (QED) is 0.679. The number of thioether (sulfide) groups is 1. The van der Waals surface area contributed by atoms with E-state index in [0.717, 1.165) is 17.1 Å². The van der Waals surface area contributed by atoms with E-state index < -0.39 is 6.04 Å². The lowest BCUT2D eigenvalue weighted by molar-refractivity contribution is -0.129. The van der Waals surface area contributed by atoms with Crippen LogP contribution in [-0.2, 0) is 9.59 Å². The predicted molar refractivity (Wildman–Crippen MR) is 99.4 cm³/mol. The second-order valence-electron chi connectivity index (χ2n) is 5.49. The first kappa shape index (κ1) is 20.4. The van der Waals surface area contributed by atoms with Gasteiger partial charge in [-0.15, -0.1) is 0 Å². The number of nitrogens with one attached hydrogen (secondary N) is 2. The van der Waals surface area contributed by atoms with Crippen molar-refractivity contribution in [1.82, 2.24) is 10.6 Å². The Labute approximate surface area is 148 Å². The molecule has 1 rings (SSSR count). The summed E-state index contributed by atoms with van der Waals surface area (Å²) in [5, 5.41) is 5.79. The maximum absolute atomic E-state index is 12.5. The van der Waals surface area contributed by atoms with E-state index in [2.05, 4.69) is 10.6 Å². The van der Waals surface area contributed by atoms with Gasteiger partial charge in [0.15, 0.2) is 0 Å². The van der Waals surface area contributed by atoms with Gasteiger partial charge < -0.3 is 15.4 Å². The van der Waals surface area contributed by atoms with E-state index in [1.807, 2.05) is 44.4 Å². The van der Waals surface area contributed by atoms with Gasteiger partial charge in [-0.3, -0.25) is 9.59 Å². The van der Waals surface area contributed by atoms with Gasteiger partial charge in [-0.1, -0.05) is 19.1 Å². The van der Waals surface area contributed by atoms with Crippen molar-refractivity contribution in [2.75, 3.05) is 18.6 Å². The molecule has 2 amide bonds. The van der Waals surface area contributed by atoms with E-state index in [1.165, 1.54) is 0 Å². The molecule has 0 aromatic heterocycles. The Kier molecular flexibility index (Phi) is 9.30. The molecule has 2 N–H and O–H groups in total. The average Bonchev–Trinajstić information content (AvgIpc) is 2.58. The van der Waals surface area contributed by atoms with Crippen molar-refractivity contribution in [2.24, 2.45) is 0 Å². The fraction of sp³-hybridized carbons (Fsp3) is 0.556. The van der Waals surface area contributed by atoms with E-state index in [-0.39, 0.29) is 17.9 Å². The van der Waals surface area contributed by atoms with E-state index in [0.29, 0.717) is 19.4 Å². The number of rotatable bonds is 10. The largest absolute Gasteiger partial charge is 0.494 e. The fourth-order valence-corrected chi connectivity index (χ4v) is 2.71. The van der Waals surface area contributed by atoms with Crippen molar-refractivity contribution >= 4 is 23.6 Å². The minimum atomic E-state index is -0.498. The van der Waals surface area contributed by atoms with E-state index in [1.54, 1.807) is 18.7 Å². The molecule has 0 saturated carbocycles. The molecule has 24 heavy (non-hydrogen) atoms. The zero-order valence-corrected chi connectivity index (χ0v) is 15.7. The van der Waals surface area contributed by atoms with Crippen molar-refractivity contribution in [2.45, 2.75) is 45.7 Å². The van der Waals surface area contributed by atoms with Gasteiger partial charge >= 0.3 is 0 Å². The molecule has 0 spiro atoms. The summed E-state index contributed by atoms with van der Waals surface area (Å²) in [6.07, 6.45) is 2.97. The Balaban J connectivity index is 2.73. The highest BCUT2D eigenvalue weighted by molar-refractivity contribution is 7.98. The van der Waals surface area contributed by atoms with Crippen LogP contribution in [0, 0.1) is 0 Å². The van der Waals surface area contributed by atoms with Crippen molar-refractivity contribution in [3.63, 3.8) is 0 Å². The van der Waals surface area contributed by atoms with Gasteiger partial charge in [0.1, 0.15) is 11.8 Å². The third-order valence-electron chi connectivity index (χ3n) is 3.61. The predicted octanol–water partition coefficient (Wildman–Crippen LogP) is 2.91. The molecule has 0 radical (unpaired) electrons. The molecule has 0 aliphatic rings. The summed E-state index contributed by atoms with van der Waals surface area (Å²) in [4.78, 5) is 24.2. The second kappa shape index (κ2) is 11.0. The lowest BCUT2D eigenvalue weighted by Crippen LogP contribution is -2.47. The van der Waals surface area contributed by atoms with Gasteiger partial charge in [0.2, 0.25) is 11.8 Å². The molecule has 0 saturated heterocycles. The SMILES string of the molecule is CCOc1cccc([C@@H](C)NC(=O)[C@@H](CCSC)NC(=O)CC)c1. The summed E-state index contributed by atoms with van der Waals surface area (Å²) >= 11 is 1.66. The summed E-state index contributed by atoms with van der Waals surface area (Å²) in [7, 11) is 0. The van der Waals surface area contributed by atoms with Crippen LogP contribution in [0.1, 0.15) is 45.2 Å². The van der Waals surface area contributed by atoms with E-state index in [4.69, 9.17) is 4.74 Å². The molecule has 0 fully saturated rings. The topological polar surface area (TPSA) is 67.4 Å². The number of amides is 2. The monoisotopic (exact) mass is 352 g/mol. The highest BCUT2D eigenvalue weighted by atomic mass is 32.2. The van der Waals surface area contributed by atoms with Crippen LogP contribution in [0.3, 0.4) is 0 Å². The van der Waals surface area contributed by atoms with Crippen LogP contribution < -0.4 is 15.4 Å². The summed E-state index contributed by atoms with van der Waals surface area (Å²) in [6.45, 7) is 6.24. The van der Waals surface area contributed by atoms with Gasteiger partial charge in [-0.25, -0.2) is 0 Å². The number of carbonyl (C=O) groups is 2. The highest BCUT2D eigenvalue weighted by Gasteiger charge is 2.21. The van der Waals surface area contributed by atoms with Crippen LogP contribution in [0.25, 0.3) is 0 Å². The van der Waals surface area contributed by atoms with Crippen LogP contribution in [0.15, 0.2) is 24.3 Å². The Bertz CT molecular complexity index is 537. The van der Waals surface area contributed by atoms with Gasteiger partial charge in [0, 0.05) is 6.42 Å². The zero-order chi connectivity index (χ0) is 17.9. The van der Waals surface area contributed by atoms with Crippen molar-refractivity contribution in [3.8, 4) is 5.75 Å². The number of carbonyl (C=O) groups excluding carboxylic acids is 2. The number of benzene rings is 1. The van der Waals surface area contributed by atoms with E-state index >= 15 is 0 Å². The van der Waals surface area contributed by atoms with Crippen molar-refractivity contribution in [3.05, 3.63) is 29.8 Å². The first-order chi connectivity index (χ1) is 11.5. The summed E-state index contributed by atoms with van der Waals surface area (Å²) in [6, 6.07) is 7.03. The number of hydrogen-bond acceptors (Lipinski definition) is 4. The van der Waals surface area contributed by atoms with Crippen LogP contribution in [-0.4, -0.2) is 36.5 Å². The first-order valence-electron chi connectivity index (χ1n) is 8.33. The Morgan fingerprint density at radius 2 is 2.00 bits per heavy atom. The van der Waals surface area contributed by atoms with Crippen LogP contribution in [0.4, 0.5) is 0 Å². The zero-order valence-electron chi connectivity index (χ0n) is 14.9. The van der Waals surface area contributed by atoms with E-state index in [9.17, 15) is 9.59 Å². The van der Waals surface area contributed by atoms with Gasteiger partial charge in [0.25, 0.3) is 0 Å². The smallest absolute Gasteiger partial charge is 0.243 e. The maximum Gasteiger partial charge on any atom is 0.243 e. The summed E-state index contributed by atoms with van der Waals surface area (Å²) < 4.78 is 5.50. The Hall–Kier alpha value is -1.69. The van der Waals surface area contributed by atoms with Gasteiger partial charge in [0.05, 0.1) is 12.6 Å². The molecule has 134 valence electrons. The lowest BCUT2D eigenvalue weighted by atomic mass is 10.1. The molecule has 2 atom stereocenters. The molecule has 1 aromatic carbocycles. The van der Waals surface area contributed by atoms with Crippen molar-refractivity contribution in [1.29, 1.82) is 0 Å². The molecular weight excluding hydrogens is 324 g/mol. The van der Waals surface area contributed by atoms with Crippen molar-refractivity contribution < 1.29 is 14.3 Å². The van der Waals surface area contributed by atoms with Gasteiger partial charge in [-0.05, 0) is 50.0 Å². The molecule has 6 heteroatoms. The summed E-state index contributed by atoms with van der Waals surface area (Å²) in [5.41, 5.74) is 0.972. The molecule has 0 unspecified atom stereocenters. The Morgan fingerprint density at radius 1 is 1.25 bits per heavy atom. The normalized spacial score (nSPS) is 13.0. The first-order valence-corrected chi connectivity index (χ1v) is 9.72. The minimum Gasteiger partial charge on any atom is -0.494 e. The fourth-order valence-electron chi connectivity index (χ4n) is 2.24. The number of hydrogen-bond donors (Lipinski definition) is 2. The highest BCUT2D eigenvalue weighted by Crippen LogP contribution is 2.19. The molecule has 0 aliphatic heterocycles. The molecule has 5 nitrogen and oxygen atoms in total. The third-order valence-corrected chi connectivity index (χ3v) is 4.26. The molecule has 0 bridgehead atoms. The maximum atomic E-state index is 12.5. The Morgan fingerprint density at radius 3 is 2.62 bits per heavy atom. The molecule has 1 aromatic rings. The number of ether oxygens (including phenoxy) is 1. The lowest BCUT2D eigenvalue weighted by Gasteiger charge is -2.21.